The molecule has 0 atom stereocenters. The molecule has 1 nitrogen and oxygen atoms in total. The van der Waals surface area contributed by atoms with Gasteiger partial charge in [-0.2, -0.15) is 0 Å². The zero-order valence-electron chi connectivity index (χ0n) is 10.2. The monoisotopic (exact) mass is 289 g/mol. The number of aromatic nitrogens is 1. The number of alkyl halides is 1. The second-order valence-corrected chi connectivity index (χ2v) is 5.02. The fraction of sp³-hybridized carbons (Fsp3) is 0.267. The van der Waals surface area contributed by atoms with Gasteiger partial charge in [0.2, 0.25) is 0 Å². The maximum Gasteiger partial charge on any atom is 0.0346 e. The molecule has 1 aromatic carbocycles. The van der Waals surface area contributed by atoms with Crippen molar-refractivity contribution in [2.45, 2.75) is 13.8 Å². The van der Waals surface area contributed by atoms with Crippen LogP contribution in [0.25, 0.3) is 16.8 Å². The first-order valence-electron chi connectivity index (χ1n) is 5.81. The third-order valence-corrected chi connectivity index (χ3v) is 3.58. The van der Waals surface area contributed by atoms with E-state index < -0.39 is 0 Å². The van der Waals surface area contributed by atoms with Crippen molar-refractivity contribution in [3.8, 4) is 0 Å². The summed E-state index contributed by atoms with van der Waals surface area (Å²) < 4.78 is 0. The molecule has 2 heteroatoms. The van der Waals surface area contributed by atoms with E-state index >= 15 is 0 Å². The van der Waals surface area contributed by atoms with Crippen molar-refractivity contribution in [3.63, 3.8) is 0 Å². The molecule has 88 valence electrons. The van der Waals surface area contributed by atoms with Gasteiger partial charge in [-0.3, -0.25) is 4.98 Å². The molecule has 0 aliphatic heterocycles. The van der Waals surface area contributed by atoms with E-state index in [1.54, 1.807) is 0 Å². The first kappa shape index (κ1) is 12.3. The lowest BCUT2D eigenvalue weighted by atomic mass is 10.0. The lowest BCUT2D eigenvalue weighted by Crippen LogP contribution is -1.95. The summed E-state index contributed by atoms with van der Waals surface area (Å²) in [4.78, 5) is 4.30. The van der Waals surface area contributed by atoms with Crippen molar-refractivity contribution in [1.82, 2.24) is 4.98 Å². The Hall–Kier alpha value is -1.15. The summed E-state index contributed by atoms with van der Waals surface area (Å²) in [6.45, 7) is 4.43. The van der Waals surface area contributed by atoms with Crippen LogP contribution in [0, 0.1) is 5.92 Å². The van der Waals surface area contributed by atoms with Crippen LogP contribution in [0.3, 0.4) is 0 Å². The predicted molar refractivity (Wildman–Crippen MR) is 78.4 cm³/mol. The molecule has 0 spiro atoms. The molecule has 0 saturated heterocycles. The van der Waals surface area contributed by atoms with E-state index in [0.717, 1.165) is 5.33 Å². The summed E-state index contributed by atoms with van der Waals surface area (Å²) in [5, 5.41) is 3.37. The molecule has 0 amide bonds. The average Bonchev–Trinajstić information content (AvgIpc) is 2.35. The van der Waals surface area contributed by atoms with E-state index in [1.807, 2.05) is 18.5 Å². The van der Waals surface area contributed by atoms with E-state index in [0.29, 0.717) is 5.92 Å². The van der Waals surface area contributed by atoms with E-state index in [4.69, 9.17) is 0 Å². The number of allylic oxidation sites excluding steroid dienone is 1. The highest BCUT2D eigenvalue weighted by Gasteiger charge is 2.04. The molecule has 0 aliphatic rings. The van der Waals surface area contributed by atoms with Gasteiger partial charge in [0.15, 0.2) is 0 Å². The molecule has 2 rings (SSSR count). The van der Waals surface area contributed by atoms with Gasteiger partial charge < -0.3 is 0 Å². The van der Waals surface area contributed by atoms with Crippen molar-refractivity contribution >= 4 is 32.8 Å². The maximum atomic E-state index is 4.30. The number of rotatable bonds is 3. The highest BCUT2D eigenvalue weighted by Crippen LogP contribution is 2.22. The number of halogens is 1. The minimum absolute atomic E-state index is 0.549. The number of fused-ring (bicyclic) bond motifs is 1. The van der Waals surface area contributed by atoms with Crippen LogP contribution < -0.4 is 0 Å². The van der Waals surface area contributed by atoms with Crippen LogP contribution in [0.15, 0.2) is 42.2 Å². The Morgan fingerprint density at radius 3 is 2.76 bits per heavy atom. The summed E-state index contributed by atoms with van der Waals surface area (Å²) in [7, 11) is 0. The molecule has 2 aromatic rings. The summed E-state index contributed by atoms with van der Waals surface area (Å²) in [5.41, 5.74) is 2.59. The standard InChI is InChI=1S/C15H16BrN/c1-11(2)13(8-16)7-14-10-17-9-12-5-3-4-6-15(12)14/h3-7,9-11H,8H2,1-2H3/b13-7+. The summed E-state index contributed by atoms with van der Waals surface area (Å²) in [5.74, 6) is 0.549. The van der Waals surface area contributed by atoms with Crippen molar-refractivity contribution in [2.24, 2.45) is 5.92 Å². The number of nitrogens with zero attached hydrogens (tertiary/aromatic N) is 1. The highest BCUT2D eigenvalue weighted by atomic mass is 79.9. The molecule has 0 fully saturated rings. The predicted octanol–water partition coefficient (Wildman–Crippen LogP) is 4.67. The van der Waals surface area contributed by atoms with Gasteiger partial charge in [-0.05, 0) is 11.3 Å². The Balaban J connectivity index is 2.56. The van der Waals surface area contributed by atoms with Gasteiger partial charge in [0, 0.05) is 28.7 Å². The summed E-state index contributed by atoms with van der Waals surface area (Å²) in [6.07, 6.45) is 6.10. The molecule has 0 aliphatic carbocycles. The fourth-order valence-corrected chi connectivity index (χ4v) is 2.62. The van der Waals surface area contributed by atoms with E-state index in [9.17, 15) is 0 Å². The minimum Gasteiger partial charge on any atom is -0.263 e. The Morgan fingerprint density at radius 2 is 2.06 bits per heavy atom. The normalized spacial score (nSPS) is 12.4. The molecule has 1 heterocycles. The zero-order chi connectivity index (χ0) is 12.3. The van der Waals surface area contributed by atoms with Crippen LogP contribution in [0.2, 0.25) is 0 Å². The largest absolute Gasteiger partial charge is 0.263 e. The number of pyridine rings is 1. The van der Waals surface area contributed by atoms with Crippen molar-refractivity contribution in [3.05, 3.63) is 47.8 Å². The molecule has 0 saturated carbocycles. The van der Waals surface area contributed by atoms with Gasteiger partial charge in [0.05, 0.1) is 0 Å². The van der Waals surface area contributed by atoms with Gasteiger partial charge in [-0.1, -0.05) is 65.7 Å². The van der Waals surface area contributed by atoms with E-state index in [1.165, 1.54) is 21.9 Å². The highest BCUT2D eigenvalue weighted by molar-refractivity contribution is 9.09. The lowest BCUT2D eigenvalue weighted by Gasteiger charge is -2.09. The van der Waals surface area contributed by atoms with Gasteiger partial charge >= 0.3 is 0 Å². The SMILES string of the molecule is CC(C)/C(=C/c1cncc2ccccc12)CBr. The molecule has 17 heavy (non-hydrogen) atoms. The van der Waals surface area contributed by atoms with Crippen molar-refractivity contribution in [2.75, 3.05) is 5.33 Å². The van der Waals surface area contributed by atoms with E-state index in [2.05, 4.69) is 59.0 Å². The Morgan fingerprint density at radius 1 is 1.29 bits per heavy atom. The number of hydrogen-bond donors (Lipinski definition) is 0. The summed E-state index contributed by atoms with van der Waals surface area (Å²) >= 11 is 3.55. The van der Waals surface area contributed by atoms with Crippen molar-refractivity contribution in [1.29, 1.82) is 0 Å². The third kappa shape index (κ3) is 2.75. The van der Waals surface area contributed by atoms with Crippen LogP contribution in [-0.2, 0) is 0 Å². The van der Waals surface area contributed by atoms with Crippen LogP contribution in [0.5, 0.6) is 0 Å². The number of benzene rings is 1. The second-order valence-electron chi connectivity index (χ2n) is 4.46. The molecule has 0 bridgehead atoms. The van der Waals surface area contributed by atoms with Gasteiger partial charge in [0.25, 0.3) is 0 Å². The maximum absolute atomic E-state index is 4.30. The second kappa shape index (κ2) is 5.46. The quantitative estimate of drug-likeness (QED) is 0.749. The molecule has 0 radical (unpaired) electrons. The van der Waals surface area contributed by atoms with E-state index in [-0.39, 0.29) is 0 Å². The van der Waals surface area contributed by atoms with Gasteiger partial charge in [-0.25, -0.2) is 0 Å². The summed E-state index contributed by atoms with van der Waals surface area (Å²) in [6, 6.07) is 8.37. The minimum atomic E-state index is 0.549. The first-order chi connectivity index (χ1) is 8.22. The fourth-order valence-electron chi connectivity index (χ4n) is 1.81. The number of hydrogen-bond acceptors (Lipinski definition) is 1. The molecular formula is C15H16BrN. The molecular weight excluding hydrogens is 274 g/mol. The van der Waals surface area contributed by atoms with Crippen LogP contribution in [-0.4, -0.2) is 10.3 Å². The Kier molecular flexibility index (Phi) is 3.95. The Bertz CT molecular complexity index is 538. The first-order valence-corrected chi connectivity index (χ1v) is 6.93. The molecule has 0 unspecified atom stereocenters. The van der Waals surface area contributed by atoms with Gasteiger partial charge in [0.1, 0.15) is 0 Å². The third-order valence-electron chi connectivity index (χ3n) is 2.94. The molecule has 0 N–H and O–H groups in total. The van der Waals surface area contributed by atoms with Gasteiger partial charge in [-0.15, -0.1) is 0 Å². The topological polar surface area (TPSA) is 12.9 Å². The average molecular weight is 290 g/mol. The van der Waals surface area contributed by atoms with Crippen LogP contribution in [0.4, 0.5) is 0 Å². The van der Waals surface area contributed by atoms with Crippen LogP contribution >= 0.6 is 15.9 Å². The van der Waals surface area contributed by atoms with Crippen molar-refractivity contribution < 1.29 is 0 Å². The Labute approximate surface area is 111 Å². The lowest BCUT2D eigenvalue weighted by molar-refractivity contribution is 0.781. The molecule has 1 aromatic heterocycles. The smallest absolute Gasteiger partial charge is 0.0346 e. The zero-order valence-corrected chi connectivity index (χ0v) is 11.7. The van der Waals surface area contributed by atoms with Crippen LogP contribution in [0.1, 0.15) is 19.4 Å².